The van der Waals surface area contributed by atoms with Gasteiger partial charge in [-0.05, 0) is 20.4 Å². The average molecular weight is 157 g/mol. The Bertz CT molecular complexity index is 147. The molecular formula is C8H15NO2. The van der Waals surface area contributed by atoms with Crippen LogP contribution in [-0.4, -0.2) is 43.5 Å². The van der Waals surface area contributed by atoms with E-state index in [4.69, 9.17) is 4.74 Å². The van der Waals surface area contributed by atoms with Crippen molar-refractivity contribution in [3.05, 3.63) is 0 Å². The molecule has 1 aliphatic rings. The highest BCUT2D eigenvalue weighted by Gasteiger charge is 2.21. The van der Waals surface area contributed by atoms with Gasteiger partial charge in [-0.1, -0.05) is 0 Å². The summed E-state index contributed by atoms with van der Waals surface area (Å²) < 4.78 is 5.25. The number of Topliss-reactive ketones (excluding diaryl/α,β-unsaturated/α-hetero) is 1. The molecule has 0 aromatic carbocycles. The first-order chi connectivity index (χ1) is 5.22. The lowest BCUT2D eigenvalue weighted by Gasteiger charge is -2.21. The minimum absolute atomic E-state index is 0.0810. The van der Waals surface area contributed by atoms with Crippen LogP contribution in [0, 0.1) is 0 Å². The molecule has 1 rings (SSSR count). The van der Waals surface area contributed by atoms with Crippen molar-refractivity contribution in [1.29, 1.82) is 0 Å². The van der Waals surface area contributed by atoms with Gasteiger partial charge >= 0.3 is 0 Å². The molecule has 0 amide bonds. The maximum atomic E-state index is 11.1. The summed E-state index contributed by atoms with van der Waals surface area (Å²) in [4.78, 5) is 13.1. The molecule has 0 aliphatic carbocycles. The molecule has 64 valence electrons. The zero-order valence-electron chi connectivity index (χ0n) is 7.17. The van der Waals surface area contributed by atoms with Gasteiger partial charge in [-0.15, -0.1) is 0 Å². The molecule has 3 nitrogen and oxygen atoms in total. The van der Waals surface area contributed by atoms with E-state index in [1.807, 2.05) is 7.05 Å². The number of ketones is 1. The summed E-state index contributed by atoms with van der Waals surface area (Å²) in [7, 11) is 1.97. The third-order valence-electron chi connectivity index (χ3n) is 2.13. The van der Waals surface area contributed by atoms with E-state index in [0.717, 1.165) is 19.6 Å². The SMILES string of the molecule is CC(=O)[C@@H]1CCOCCN1C. The number of hydrogen-bond acceptors (Lipinski definition) is 3. The Hall–Kier alpha value is -0.410. The van der Waals surface area contributed by atoms with Crippen molar-refractivity contribution in [2.45, 2.75) is 19.4 Å². The van der Waals surface area contributed by atoms with E-state index in [1.54, 1.807) is 6.92 Å². The molecular weight excluding hydrogens is 142 g/mol. The molecule has 1 heterocycles. The Morgan fingerprint density at radius 3 is 2.91 bits per heavy atom. The Labute approximate surface area is 67.3 Å². The monoisotopic (exact) mass is 157 g/mol. The minimum Gasteiger partial charge on any atom is -0.380 e. The molecule has 0 aromatic rings. The number of ether oxygens (including phenoxy) is 1. The molecule has 3 heteroatoms. The second kappa shape index (κ2) is 3.83. The first kappa shape index (κ1) is 8.68. The fourth-order valence-electron chi connectivity index (χ4n) is 1.40. The van der Waals surface area contributed by atoms with Crippen molar-refractivity contribution in [3.63, 3.8) is 0 Å². The van der Waals surface area contributed by atoms with Crippen LogP contribution < -0.4 is 0 Å². The number of carbonyl (C=O) groups excluding carboxylic acids is 1. The topological polar surface area (TPSA) is 29.5 Å². The summed E-state index contributed by atoms with van der Waals surface area (Å²) in [6.07, 6.45) is 0.839. The Morgan fingerprint density at radius 1 is 1.55 bits per heavy atom. The molecule has 11 heavy (non-hydrogen) atoms. The zero-order valence-corrected chi connectivity index (χ0v) is 7.17. The Morgan fingerprint density at radius 2 is 2.27 bits per heavy atom. The van der Waals surface area contributed by atoms with Gasteiger partial charge in [0.1, 0.15) is 5.78 Å². The normalized spacial score (nSPS) is 28.0. The van der Waals surface area contributed by atoms with Crippen LogP contribution in [0.15, 0.2) is 0 Å². The number of carbonyl (C=O) groups is 1. The lowest BCUT2D eigenvalue weighted by Crippen LogP contribution is -2.37. The number of likely N-dealkylation sites (N-methyl/N-ethyl adjacent to an activating group) is 1. The van der Waals surface area contributed by atoms with Crippen LogP contribution in [-0.2, 0) is 9.53 Å². The highest BCUT2D eigenvalue weighted by atomic mass is 16.5. The van der Waals surface area contributed by atoms with Gasteiger partial charge in [-0.3, -0.25) is 9.69 Å². The van der Waals surface area contributed by atoms with Crippen LogP contribution in [0.25, 0.3) is 0 Å². The maximum Gasteiger partial charge on any atom is 0.146 e. The third kappa shape index (κ3) is 2.27. The second-order valence-corrected chi connectivity index (χ2v) is 3.01. The number of nitrogens with zero attached hydrogens (tertiary/aromatic N) is 1. The second-order valence-electron chi connectivity index (χ2n) is 3.01. The smallest absolute Gasteiger partial charge is 0.146 e. The Balaban J connectivity index is 2.52. The van der Waals surface area contributed by atoms with Crippen molar-refractivity contribution in [3.8, 4) is 0 Å². The Kier molecular flexibility index (Phi) is 3.02. The number of rotatable bonds is 1. The molecule has 1 aliphatic heterocycles. The summed E-state index contributed by atoms with van der Waals surface area (Å²) >= 11 is 0. The van der Waals surface area contributed by atoms with Crippen molar-refractivity contribution < 1.29 is 9.53 Å². The molecule has 1 fully saturated rings. The predicted molar refractivity (Wildman–Crippen MR) is 42.5 cm³/mol. The molecule has 1 atom stereocenters. The summed E-state index contributed by atoms with van der Waals surface area (Å²) in [6, 6.07) is 0.0810. The largest absolute Gasteiger partial charge is 0.380 e. The van der Waals surface area contributed by atoms with E-state index < -0.39 is 0 Å². The van der Waals surface area contributed by atoms with Crippen LogP contribution in [0.2, 0.25) is 0 Å². The highest BCUT2D eigenvalue weighted by molar-refractivity contribution is 5.81. The lowest BCUT2D eigenvalue weighted by atomic mass is 10.1. The van der Waals surface area contributed by atoms with Crippen molar-refractivity contribution in [1.82, 2.24) is 4.90 Å². The van der Waals surface area contributed by atoms with Crippen LogP contribution in [0.1, 0.15) is 13.3 Å². The molecule has 0 saturated carbocycles. The van der Waals surface area contributed by atoms with Gasteiger partial charge < -0.3 is 4.74 Å². The van der Waals surface area contributed by atoms with Crippen molar-refractivity contribution >= 4 is 5.78 Å². The van der Waals surface area contributed by atoms with Gasteiger partial charge in [0.15, 0.2) is 0 Å². The van der Waals surface area contributed by atoms with E-state index in [1.165, 1.54) is 0 Å². The van der Waals surface area contributed by atoms with E-state index in [-0.39, 0.29) is 11.8 Å². The van der Waals surface area contributed by atoms with Gasteiger partial charge in [0.05, 0.1) is 12.6 Å². The van der Waals surface area contributed by atoms with Gasteiger partial charge in [0, 0.05) is 13.2 Å². The fourth-order valence-corrected chi connectivity index (χ4v) is 1.40. The van der Waals surface area contributed by atoms with Crippen LogP contribution in [0.5, 0.6) is 0 Å². The van der Waals surface area contributed by atoms with E-state index in [0.29, 0.717) is 6.61 Å². The summed E-state index contributed by atoms with van der Waals surface area (Å²) in [5.41, 5.74) is 0. The molecule has 0 bridgehead atoms. The first-order valence-corrected chi connectivity index (χ1v) is 4.00. The molecule has 0 N–H and O–H groups in total. The van der Waals surface area contributed by atoms with Crippen molar-refractivity contribution in [2.75, 3.05) is 26.8 Å². The van der Waals surface area contributed by atoms with Gasteiger partial charge in [0.2, 0.25) is 0 Å². The highest BCUT2D eigenvalue weighted by Crippen LogP contribution is 2.07. The summed E-state index contributed by atoms with van der Waals surface area (Å²) in [5.74, 6) is 0.248. The van der Waals surface area contributed by atoms with Crippen molar-refractivity contribution in [2.24, 2.45) is 0 Å². The summed E-state index contributed by atoms with van der Waals surface area (Å²) in [5, 5.41) is 0. The van der Waals surface area contributed by atoms with E-state index in [2.05, 4.69) is 4.90 Å². The molecule has 0 radical (unpaired) electrons. The van der Waals surface area contributed by atoms with E-state index in [9.17, 15) is 4.79 Å². The van der Waals surface area contributed by atoms with Gasteiger partial charge in [-0.25, -0.2) is 0 Å². The third-order valence-corrected chi connectivity index (χ3v) is 2.13. The maximum absolute atomic E-state index is 11.1. The standard InChI is InChI=1S/C8H15NO2/c1-7(10)8-3-5-11-6-4-9(8)2/h8H,3-6H2,1-2H3/t8-/m0/s1. The zero-order chi connectivity index (χ0) is 8.27. The quantitative estimate of drug-likeness (QED) is 0.548. The van der Waals surface area contributed by atoms with Crippen LogP contribution in [0.4, 0.5) is 0 Å². The molecule has 0 aromatic heterocycles. The molecule has 1 saturated heterocycles. The lowest BCUT2D eigenvalue weighted by molar-refractivity contribution is -0.121. The van der Waals surface area contributed by atoms with Crippen LogP contribution >= 0.6 is 0 Å². The van der Waals surface area contributed by atoms with Gasteiger partial charge in [-0.2, -0.15) is 0 Å². The first-order valence-electron chi connectivity index (χ1n) is 4.00. The van der Waals surface area contributed by atoms with E-state index >= 15 is 0 Å². The van der Waals surface area contributed by atoms with Gasteiger partial charge in [0.25, 0.3) is 0 Å². The predicted octanol–water partition coefficient (Wildman–Crippen LogP) is 0.296. The van der Waals surface area contributed by atoms with Crippen LogP contribution in [0.3, 0.4) is 0 Å². The minimum atomic E-state index is 0.0810. The molecule has 0 unspecified atom stereocenters. The average Bonchev–Trinajstić information content (AvgIpc) is 2.13. The molecule has 0 spiro atoms. The number of hydrogen-bond donors (Lipinski definition) is 0. The fraction of sp³-hybridized carbons (Fsp3) is 0.875. The summed E-state index contributed by atoms with van der Waals surface area (Å²) in [6.45, 7) is 3.98.